The third kappa shape index (κ3) is 2.05. The third-order valence-electron chi connectivity index (χ3n) is 2.17. The molecule has 0 bridgehead atoms. The van der Waals surface area contributed by atoms with E-state index in [1.54, 1.807) is 6.07 Å². The molecule has 1 aromatic heterocycles. The van der Waals surface area contributed by atoms with E-state index in [0.29, 0.717) is 0 Å². The van der Waals surface area contributed by atoms with Crippen LogP contribution in [0.5, 0.6) is 0 Å². The fraction of sp³-hybridized carbons (Fsp3) is 0. The van der Waals surface area contributed by atoms with Crippen molar-refractivity contribution in [2.75, 3.05) is 5.73 Å². The number of nitrogen functional groups attached to an aromatic ring is 1. The number of carboxylic acids is 1. The van der Waals surface area contributed by atoms with Gasteiger partial charge in [-0.3, -0.25) is 0 Å². The summed E-state index contributed by atoms with van der Waals surface area (Å²) in [6.07, 6.45) is 1.06. The number of hydrogen-bond acceptors (Lipinski definition) is 4. The van der Waals surface area contributed by atoms with Crippen LogP contribution < -0.4 is 5.73 Å². The fourth-order valence-corrected chi connectivity index (χ4v) is 1.41. The highest BCUT2D eigenvalue weighted by atomic mass is 19.1. The van der Waals surface area contributed by atoms with Crippen molar-refractivity contribution >= 4 is 11.9 Å². The number of carboxylic acid groups (broad SMARTS) is 1. The second-order valence-corrected chi connectivity index (χ2v) is 3.28. The largest absolute Gasteiger partial charge is 0.478 e. The topological polar surface area (TPSA) is 89.1 Å². The first kappa shape index (κ1) is 11.0. The molecule has 0 amide bonds. The summed E-state index contributed by atoms with van der Waals surface area (Å²) in [5.41, 5.74) is 5.24. The third-order valence-corrected chi connectivity index (χ3v) is 2.17. The zero-order valence-electron chi connectivity index (χ0n) is 8.59. The van der Waals surface area contributed by atoms with Crippen molar-refractivity contribution in [1.29, 1.82) is 0 Å². The van der Waals surface area contributed by atoms with Crippen LogP contribution in [0, 0.1) is 5.82 Å². The van der Waals surface area contributed by atoms with Crippen molar-refractivity contribution < 1.29 is 14.3 Å². The van der Waals surface area contributed by atoms with E-state index in [1.807, 2.05) is 0 Å². The number of carbonyl (C=O) groups is 1. The lowest BCUT2D eigenvalue weighted by atomic mass is 10.1. The molecule has 0 unspecified atom stereocenters. The van der Waals surface area contributed by atoms with Crippen molar-refractivity contribution in [2.45, 2.75) is 0 Å². The van der Waals surface area contributed by atoms with Gasteiger partial charge in [-0.15, -0.1) is 0 Å². The van der Waals surface area contributed by atoms with Gasteiger partial charge < -0.3 is 10.8 Å². The van der Waals surface area contributed by atoms with E-state index in [2.05, 4.69) is 9.97 Å². The predicted molar refractivity (Wildman–Crippen MR) is 58.8 cm³/mol. The lowest BCUT2D eigenvalue weighted by molar-refractivity contribution is 0.0697. The highest BCUT2D eigenvalue weighted by molar-refractivity contribution is 5.94. The maximum atomic E-state index is 13.6. The number of nitrogens with two attached hydrogens (primary N) is 1. The normalized spacial score (nSPS) is 10.2. The molecule has 2 aromatic rings. The summed E-state index contributed by atoms with van der Waals surface area (Å²) in [4.78, 5) is 18.3. The van der Waals surface area contributed by atoms with Gasteiger partial charge in [-0.2, -0.15) is 0 Å². The molecule has 0 aliphatic heterocycles. The molecule has 0 spiro atoms. The first-order chi connectivity index (χ1) is 8.09. The lowest BCUT2D eigenvalue weighted by Crippen LogP contribution is -2.06. The Kier molecular flexibility index (Phi) is 2.70. The van der Waals surface area contributed by atoms with E-state index in [1.165, 1.54) is 18.2 Å². The van der Waals surface area contributed by atoms with Gasteiger partial charge in [0, 0.05) is 11.8 Å². The number of benzene rings is 1. The molecule has 17 heavy (non-hydrogen) atoms. The van der Waals surface area contributed by atoms with Gasteiger partial charge in [-0.1, -0.05) is 12.1 Å². The van der Waals surface area contributed by atoms with Crippen molar-refractivity contribution in [2.24, 2.45) is 0 Å². The van der Waals surface area contributed by atoms with Crippen LogP contribution in [0.1, 0.15) is 10.4 Å². The average molecular weight is 233 g/mol. The number of anilines is 1. The van der Waals surface area contributed by atoms with Crippen LogP contribution in [0.3, 0.4) is 0 Å². The quantitative estimate of drug-likeness (QED) is 0.821. The summed E-state index contributed by atoms with van der Waals surface area (Å²) in [6.45, 7) is 0. The molecule has 0 aliphatic carbocycles. The summed E-state index contributed by atoms with van der Waals surface area (Å²) in [5, 5.41) is 8.97. The molecule has 5 nitrogen and oxygen atoms in total. The maximum absolute atomic E-state index is 13.6. The smallest absolute Gasteiger partial charge is 0.339 e. The Morgan fingerprint density at radius 1 is 1.35 bits per heavy atom. The Morgan fingerprint density at radius 3 is 2.71 bits per heavy atom. The molecule has 0 aliphatic rings. The summed E-state index contributed by atoms with van der Waals surface area (Å²) >= 11 is 0. The number of rotatable bonds is 2. The first-order valence-corrected chi connectivity index (χ1v) is 4.70. The minimum atomic E-state index is -1.23. The number of halogens is 1. The minimum Gasteiger partial charge on any atom is -0.478 e. The molecular formula is C11H8FN3O2. The molecule has 2 rings (SSSR count). The van der Waals surface area contributed by atoms with Crippen molar-refractivity contribution in [3.63, 3.8) is 0 Å². The number of aromatic carboxylic acids is 1. The molecule has 1 heterocycles. The van der Waals surface area contributed by atoms with Crippen molar-refractivity contribution in [1.82, 2.24) is 9.97 Å². The van der Waals surface area contributed by atoms with E-state index >= 15 is 0 Å². The van der Waals surface area contributed by atoms with Gasteiger partial charge in [0.15, 0.2) is 0 Å². The number of aromatic nitrogens is 2. The van der Waals surface area contributed by atoms with Gasteiger partial charge in [0.2, 0.25) is 5.95 Å². The highest BCUT2D eigenvalue weighted by Crippen LogP contribution is 2.24. The molecule has 1 aromatic carbocycles. The van der Waals surface area contributed by atoms with Crippen LogP contribution in [0.25, 0.3) is 11.3 Å². The second kappa shape index (κ2) is 4.17. The van der Waals surface area contributed by atoms with E-state index in [4.69, 9.17) is 10.8 Å². The van der Waals surface area contributed by atoms with Crippen LogP contribution >= 0.6 is 0 Å². The van der Waals surface area contributed by atoms with Gasteiger partial charge in [0.1, 0.15) is 11.4 Å². The van der Waals surface area contributed by atoms with E-state index in [0.717, 1.165) is 6.20 Å². The second-order valence-electron chi connectivity index (χ2n) is 3.28. The molecule has 0 atom stereocenters. The standard InChI is InChI=1S/C11H8FN3O2/c12-8-4-2-1-3-6(8)9-7(10(16)17)5-14-11(13)15-9/h1-5H,(H,16,17)(H2,13,14,15). The Bertz CT molecular complexity index is 587. The van der Waals surface area contributed by atoms with Crippen molar-refractivity contribution in [3.8, 4) is 11.3 Å². The van der Waals surface area contributed by atoms with E-state index in [9.17, 15) is 9.18 Å². The average Bonchev–Trinajstić information content (AvgIpc) is 2.29. The first-order valence-electron chi connectivity index (χ1n) is 4.70. The summed E-state index contributed by atoms with van der Waals surface area (Å²) in [6, 6.07) is 5.75. The van der Waals surface area contributed by atoms with Crippen LogP contribution in [-0.4, -0.2) is 21.0 Å². The minimum absolute atomic E-state index is 0.0249. The zero-order chi connectivity index (χ0) is 12.4. The molecule has 3 N–H and O–H groups in total. The predicted octanol–water partition coefficient (Wildman–Crippen LogP) is 1.56. The summed E-state index contributed by atoms with van der Waals surface area (Å²) in [7, 11) is 0. The SMILES string of the molecule is Nc1ncc(C(=O)O)c(-c2ccccc2F)n1. The van der Waals surface area contributed by atoms with Crippen LogP contribution in [0.15, 0.2) is 30.5 Å². The Balaban J connectivity index is 2.70. The van der Waals surface area contributed by atoms with E-state index < -0.39 is 11.8 Å². The monoisotopic (exact) mass is 233 g/mol. The van der Waals surface area contributed by atoms with Crippen LogP contribution in [0.4, 0.5) is 10.3 Å². The lowest BCUT2D eigenvalue weighted by Gasteiger charge is -2.06. The Morgan fingerprint density at radius 2 is 2.06 bits per heavy atom. The summed E-state index contributed by atoms with van der Waals surface area (Å²) < 4.78 is 13.6. The van der Waals surface area contributed by atoms with E-state index in [-0.39, 0.29) is 22.8 Å². The zero-order valence-corrected chi connectivity index (χ0v) is 8.59. The molecule has 0 saturated heterocycles. The molecule has 6 heteroatoms. The van der Waals surface area contributed by atoms with Gasteiger partial charge >= 0.3 is 5.97 Å². The van der Waals surface area contributed by atoms with Gasteiger partial charge in [0.25, 0.3) is 0 Å². The molecule has 0 fully saturated rings. The Labute approximate surface area is 95.8 Å². The molecule has 0 saturated carbocycles. The molecular weight excluding hydrogens is 225 g/mol. The maximum Gasteiger partial charge on any atom is 0.339 e. The van der Waals surface area contributed by atoms with Crippen molar-refractivity contribution in [3.05, 3.63) is 41.8 Å². The van der Waals surface area contributed by atoms with Crippen LogP contribution in [0.2, 0.25) is 0 Å². The van der Waals surface area contributed by atoms with Gasteiger partial charge in [-0.25, -0.2) is 19.2 Å². The summed E-state index contributed by atoms with van der Waals surface area (Å²) in [5.74, 6) is -1.90. The highest BCUT2D eigenvalue weighted by Gasteiger charge is 2.17. The number of nitrogens with zero attached hydrogens (tertiary/aromatic N) is 2. The van der Waals surface area contributed by atoms with Gasteiger partial charge in [-0.05, 0) is 12.1 Å². The fourth-order valence-electron chi connectivity index (χ4n) is 1.41. The van der Waals surface area contributed by atoms with Crippen LogP contribution in [-0.2, 0) is 0 Å². The molecule has 86 valence electrons. The number of hydrogen-bond donors (Lipinski definition) is 2. The van der Waals surface area contributed by atoms with Gasteiger partial charge in [0.05, 0.1) is 5.69 Å². The molecule has 0 radical (unpaired) electrons. The Hall–Kier alpha value is -2.50.